The highest BCUT2D eigenvalue weighted by Crippen LogP contribution is 2.16. The summed E-state index contributed by atoms with van der Waals surface area (Å²) in [5, 5.41) is 7.46. The predicted molar refractivity (Wildman–Crippen MR) is 82.5 cm³/mol. The summed E-state index contributed by atoms with van der Waals surface area (Å²) in [6, 6.07) is 8.32. The normalized spacial score (nSPS) is 11.2. The number of aromatic amines is 1. The molecule has 0 spiro atoms. The van der Waals surface area contributed by atoms with Crippen LogP contribution in [0.3, 0.4) is 0 Å². The van der Waals surface area contributed by atoms with E-state index in [0.29, 0.717) is 18.9 Å². The third-order valence-electron chi connectivity index (χ3n) is 3.23. The number of aromatic nitrogens is 1. The van der Waals surface area contributed by atoms with Crippen LogP contribution in [0.4, 0.5) is 0 Å². The summed E-state index contributed by atoms with van der Waals surface area (Å²) in [6.45, 7) is 6.40. The third kappa shape index (κ3) is 4.10. The summed E-state index contributed by atoms with van der Waals surface area (Å²) in [5.74, 6) is 0.613. The van der Waals surface area contributed by atoms with Crippen molar-refractivity contribution in [1.29, 1.82) is 0 Å². The first-order valence-corrected chi connectivity index (χ1v) is 7.19. The fourth-order valence-electron chi connectivity index (χ4n) is 2.13. The number of carbonyl (C=O) groups is 1. The molecule has 1 aromatic carbocycles. The number of nitrogens with one attached hydrogen (secondary N) is 3. The van der Waals surface area contributed by atoms with Crippen molar-refractivity contribution in [1.82, 2.24) is 15.6 Å². The molecule has 1 heterocycles. The molecule has 2 rings (SSSR count). The van der Waals surface area contributed by atoms with Crippen molar-refractivity contribution in [2.45, 2.75) is 26.8 Å². The first-order valence-electron chi connectivity index (χ1n) is 7.19. The average molecular weight is 273 g/mol. The molecule has 3 N–H and O–H groups in total. The predicted octanol–water partition coefficient (Wildman–Crippen LogP) is 2.42. The summed E-state index contributed by atoms with van der Waals surface area (Å²) in [4.78, 5) is 14.8. The number of fused-ring (bicyclic) bond motifs is 1. The highest BCUT2D eigenvalue weighted by atomic mass is 16.1. The Balaban J connectivity index is 1.73. The number of para-hydroxylation sites is 1. The van der Waals surface area contributed by atoms with E-state index in [1.54, 1.807) is 0 Å². The molecule has 0 saturated heterocycles. The molecule has 1 amide bonds. The Bertz CT molecular complexity index is 560. The maximum atomic E-state index is 11.6. The van der Waals surface area contributed by atoms with Crippen LogP contribution in [0.5, 0.6) is 0 Å². The molecule has 0 bridgehead atoms. The minimum atomic E-state index is 0.115. The fraction of sp³-hybridized carbons (Fsp3) is 0.438. The van der Waals surface area contributed by atoms with E-state index < -0.39 is 0 Å². The molecular weight excluding hydrogens is 250 g/mol. The highest BCUT2D eigenvalue weighted by Gasteiger charge is 2.03. The second kappa shape index (κ2) is 7.10. The van der Waals surface area contributed by atoms with Gasteiger partial charge in [-0.2, -0.15) is 0 Å². The molecule has 4 heteroatoms. The van der Waals surface area contributed by atoms with E-state index in [9.17, 15) is 4.79 Å². The van der Waals surface area contributed by atoms with Gasteiger partial charge in [0.2, 0.25) is 5.91 Å². The summed E-state index contributed by atoms with van der Waals surface area (Å²) in [6.07, 6.45) is 2.47. The third-order valence-corrected chi connectivity index (χ3v) is 3.23. The van der Waals surface area contributed by atoms with Crippen molar-refractivity contribution in [3.8, 4) is 0 Å². The van der Waals surface area contributed by atoms with Gasteiger partial charge in [-0.3, -0.25) is 4.79 Å². The second-order valence-corrected chi connectivity index (χ2v) is 5.48. The van der Waals surface area contributed by atoms with Gasteiger partial charge in [-0.05, 0) is 22.9 Å². The Morgan fingerprint density at radius 3 is 2.95 bits per heavy atom. The van der Waals surface area contributed by atoms with Gasteiger partial charge in [-0.1, -0.05) is 32.0 Å². The summed E-state index contributed by atoms with van der Waals surface area (Å²) in [7, 11) is 0. The molecule has 108 valence electrons. The van der Waals surface area contributed by atoms with Crippen molar-refractivity contribution in [2.24, 2.45) is 5.92 Å². The topological polar surface area (TPSA) is 56.9 Å². The number of H-pyrrole nitrogens is 1. The van der Waals surface area contributed by atoms with Gasteiger partial charge in [0.15, 0.2) is 0 Å². The number of benzene rings is 1. The van der Waals surface area contributed by atoms with E-state index in [-0.39, 0.29) is 5.91 Å². The van der Waals surface area contributed by atoms with Gasteiger partial charge >= 0.3 is 0 Å². The lowest BCUT2D eigenvalue weighted by Gasteiger charge is -2.09. The van der Waals surface area contributed by atoms with E-state index in [1.807, 2.05) is 6.20 Å². The lowest BCUT2D eigenvalue weighted by Crippen LogP contribution is -2.30. The van der Waals surface area contributed by atoms with Crippen molar-refractivity contribution < 1.29 is 4.79 Å². The van der Waals surface area contributed by atoms with Crippen LogP contribution in [0.1, 0.15) is 25.8 Å². The quantitative estimate of drug-likeness (QED) is 0.679. The molecule has 4 nitrogen and oxygen atoms in total. The first kappa shape index (κ1) is 14.6. The first-order chi connectivity index (χ1) is 9.66. The highest BCUT2D eigenvalue weighted by molar-refractivity contribution is 5.82. The zero-order valence-corrected chi connectivity index (χ0v) is 12.2. The van der Waals surface area contributed by atoms with Crippen LogP contribution in [0.25, 0.3) is 10.9 Å². The number of carbonyl (C=O) groups excluding carboxylic acids is 1. The molecule has 0 aliphatic heterocycles. The Hall–Kier alpha value is -1.81. The second-order valence-electron chi connectivity index (χ2n) is 5.48. The monoisotopic (exact) mass is 273 g/mol. The van der Waals surface area contributed by atoms with Crippen molar-refractivity contribution in [3.05, 3.63) is 36.0 Å². The van der Waals surface area contributed by atoms with Gasteiger partial charge in [-0.15, -0.1) is 0 Å². The number of hydrogen-bond acceptors (Lipinski definition) is 2. The van der Waals surface area contributed by atoms with Crippen LogP contribution in [-0.4, -0.2) is 24.0 Å². The van der Waals surface area contributed by atoms with Gasteiger partial charge in [0.25, 0.3) is 0 Å². The molecular formula is C16H23N3O. The van der Waals surface area contributed by atoms with Gasteiger partial charge < -0.3 is 15.6 Å². The van der Waals surface area contributed by atoms with Crippen LogP contribution in [0, 0.1) is 5.92 Å². The van der Waals surface area contributed by atoms with Crippen LogP contribution in [0.2, 0.25) is 0 Å². The SMILES string of the molecule is CC(C)CNC(=O)CCNCc1cccc2cc[nH]c12. The maximum Gasteiger partial charge on any atom is 0.221 e. The lowest BCUT2D eigenvalue weighted by atomic mass is 10.1. The zero-order valence-electron chi connectivity index (χ0n) is 12.2. The smallest absolute Gasteiger partial charge is 0.221 e. The van der Waals surface area contributed by atoms with Crippen molar-refractivity contribution >= 4 is 16.8 Å². The minimum Gasteiger partial charge on any atom is -0.361 e. The standard InChI is InChI=1S/C16H23N3O/c1-12(2)10-19-15(20)7-8-17-11-14-5-3-4-13-6-9-18-16(13)14/h3-6,9,12,17-18H,7-8,10-11H2,1-2H3,(H,19,20). The largest absolute Gasteiger partial charge is 0.361 e. The molecule has 20 heavy (non-hydrogen) atoms. The Kier molecular flexibility index (Phi) is 5.18. The zero-order chi connectivity index (χ0) is 14.4. The number of rotatable bonds is 7. The molecule has 1 aromatic heterocycles. The lowest BCUT2D eigenvalue weighted by molar-refractivity contribution is -0.121. The minimum absolute atomic E-state index is 0.115. The van der Waals surface area contributed by atoms with Gasteiger partial charge in [-0.25, -0.2) is 0 Å². The number of hydrogen-bond donors (Lipinski definition) is 3. The molecule has 0 fully saturated rings. The van der Waals surface area contributed by atoms with E-state index in [0.717, 1.165) is 13.1 Å². The Labute approximate surface area is 120 Å². The molecule has 0 aliphatic rings. The molecule has 0 unspecified atom stereocenters. The van der Waals surface area contributed by atoms with Crippen LogP contribution in [0.15, 0.2) is 30.5 Å². The van der Waals surface area contributed by atoms with Crippen molar-refractivity contribution in [3.63, 3.8) is 0 Å². The number of amides is 1. The average Bonchev–Trinajstić information content (AvgIpc) is 2.90. The van der Waals surface area contributed by atoms with Crippen molar-refractivity contribution in [2.75, 3.05) is 13.1 Å². The Morgan fingerprint density at radius 2 is 2.15 bits per heavy atom. The van der Waals surface area contributed by atoms with Crippen LogP contribution < -0.4 is 10.6 Å². The van der Waals surface area contributed by atoms with Gasteiger partial charge in [0.05, 0.1) is 0 Å². The van der Waals surface area contributed by atoms with E-state index in [4.69, 9.17) is 0 Å². The molecule has 0 saturated carbocycles. The van der Waals surface area contributed by atoms with E-state index in [2.05, 4.69) is 53.7 Å². The fourth-order valence-corrected chi connectivity index (χ4v) is 2.13. The molecule has 0 atom stereocenters. The van der Waals surface area contributed by atoms with E-state index >= 15 is 0 Å². The maximum absolute atomic E-state index is 11.6. The van der Waals surface area contributed by atoms with E-state index in [1.165, 1.54) is 16.5 Å². The summed E-state index contributed by atoms with van der Waals surface area (Å²) < 4.78 is 0. The molecule has 2 aromatic rings. The summed E-state index contributed by atoms with van der Waals surface area (Å²) in [5.41, 5.74) is 2.40. The van der Waals surface area contributed by atoms with Gasteiger partial charge in [0, 0.05) is 37.8 Å². The van der Waals surface area contributed by atoms with Crippen LogP contribution in [-0.2, 0) is 11.3 Å². The summed E-state index contributed by atoms with van der Waals surface area (Å²) >= 11 is 0. The molecule has 0 aliphatic carbocycles. The van der Waals surface area contributed by atoms with Gasteiger partial charge in [0.1, 0.15) is 0 Å². The van der Waals surface area contributed by atoms with Crippen LogP contribution >= 0.6 is 0 Å². The molecule has 0 radical (unpaired) electrons. The Morgan fingerprint density at radius 1 is 1.30 bits per heavy atom.